The first-order valence-corrected chi connectivity index (χ1v) is 7.33. The second-order valence-corrected chi connectivity index (χ2v) is 5.25. The number of methoxy groups -OCH3 is 2. The highest BCUT2D eigenvalue weighted by atomic mass is 16.5. The van der Waals surface area contributed by atoms with Gasteiger partial charge in [-0.15, -0.1) is 0 Å². The summed E-state index contributed by atoms with van der Waals surface area (Å²) >= 11 is 0. The molecular weight excluding hydrogens is 294 g/mol. The van der Waals surface area contributed by atoms with E-state index in [9.17, 15) is 4.79 Å². The number of anilines is 1. The minimum atomic E-state index is -0.246. The van der Waals surface area contributed by atoms with Gasteiger partial charge in [-0.1, -0.05) is 6.07 Å². The maximum absolute atomic E-state index is 12.4. The van der Waals surface area contributed by atoms with Gasteiger partial charge < -0.3 is 19.5 Å². The number of ether oxygens (including phenoxy) is 3. The van der Waals surface area contributed by atoms with Crippen molar-refractivity contribution in [1.82, 2.24) is 0 Å². The Morgan fingerprint density at radius 2 is 1.61 bits per heavy atom. The van der Waals surface area contributed by atoms with Crippen LogP contribution in [0.5, 0.6) is 17.2 Å². The van der Waals surface area contributed by atoms with Gasteiger partial charge in [-0.25, -0.2) is 0 Å². The first-order chi connectivity index (χ1) is 11.0. The molecule has 5 nitrogen and oxygen atoms in total. The lowest BCUT2D eigenvalue weighted by Gasteiger charge is -2.12. The number of hydrogen-bond acceptors (Lipinski definition) is 4. The summed E-state index contributed by atoms with van der Waals surface area (Å²) < 4.78 is 16.0. The average Bonchev–Trinajstić information content (AvgIpc) is 2.54. The molecule has 2 aromatic rings. The summed E-state index contributed by atoms with van der Waals surface area (Å²) in [4.78, 5) is 12.4. The summed E-state index contributed by atoms with van der Waals surface area (Å²) in [5.74, 6) is 1.59. The van der Waals surface area contributed by atoms with Crippen LogP contribution >= 0.6 is 0 Å². The number of amides is 1. The molecule has 0 aliphatic carbocycles. The molecule has 122 valence electrons. The van der Waals surface area contributed by atoms with Crippen LogP contribution in [0.25, 0.3) is 0 Å². The van der Waals surface area contributed by atoms with Crippen molar-refractivity contribution in [2.45, 2.75) is 20.0 Å². The molecule has 0 unspecified atom stereocenters. The number of carbonyl (C=O) groups excluding carboxylic acids is 1. The molecule has 0 spiro atoms. The van der Waals surface area contributed by atoms with E-state index in [0.717, 1.165) is 0 Å². The van der Waals surface area contributed by atoms with Crippen LogP contribution in [-0.4, -0.2) is 26.2 Å². The molecule has 0 saturated carbocycles. The van der Waals surface area contributed by atoms with Gasteiger partial charge in [0.25, 0.3) is 5.91 Å². The summed E-state index contributed by atoms with van der Waals surface area (Å²) in [6.07, 6.45) is 0.0728. The number of nitrogens with one attached hydrogen (secondary N) is 1. The molecule has 0 atom stereocenters. The van der Waals surface area contributed by atoms with E-state index in [1.54, 1.807) is 38.5 Å². The highest BCUT2D eigenvalue weighted by molar-refractivity contribution is 6.04. The van der Waals surface area contributed by atoms with E-state index in [2.05, 4.69) is 5.32 Å². The zero-order valence-corrected chi connectivity index (χ0v) is 13.8. The van der Waals surface area contributed by atoms with Crippen LogP contribution in [0.3, 0.4) is 0 Å². The van der Waals surface area contributed by atoms with Crippen LogP contribution in [0.1, 0.15) is 24.2 Å². The van der Waals surface area contributed by atoms with Crippen molar-refractivity contribution in [3.05, 3.63) is 48.0 Å². The minimum Gasteiger partial charge on any atom is -0.497 e. The van der Waals surface area contributed by atoms with Crippen molar-refractivity contribution >= 4 is 11.6 Å². The highest BCUT2D eigenvalue weighted by Crippen LogP contribution is 2.24. The molecule has 0 aliphatic rings. The molecule has 0 heterocycles. The van der Waals surface area contributed by atoms with Crippen molar-refractivity contribution < 1.29 is 19.0 Å². The maximum Gasteiger partial charge on any atom is 0.255 e. The summed E-state index contributed by atoms with van der Waals surface area (Å²) in [6.45, 7) is 3.90. The van der Waals surface area contributed by atoms with Gasteiger partial charge in [-0.05, 0) is 38.1 Å². The molecule has 1 N–H and O–H groups in total. The Hall–Kier alpha value is -2.69. The van der Waals surface area contributed by atoms with Gasteiger partial charge in [0.1, 0.15) is 17.2 Å². The van der Waals surface area contributed by atoms with E-state index in [0.29, 0.717) is 28.5 Å². The molecule has 23 heavy (non-hydrogen) atoms. The van der Waals surface area contributed by atoms with E-state index >= 15 is 0 Å². The van der Waals surface area contributed by atoms with Crippen molar-refractivity contribution in [2.24, 2.45) is 0 Å². The Kier molecular flexibility index (Phi) is 5.46. The van der Waals surface area contributed by atoms with Crippen LogP contribution in [0, 0.1) is 0 Å². The topological polar surface area (TPSA) is 56.8 Å². The fraction of sp³-hybridized carbons (Fsp3) is 0.278. The zero-order chi connectivity index (χ0) is 16.8. The summed E-state index contributed by atoms with van der Waals surface area (Å²) in [6, 6.07) is 12.3. The lowest BCUT2D eigenvalue weighted by Crippen LogP contribution is -2.12. The van der Waals surface area contributed by atoms with Gasteiger partial charge in [0, 0.05) is 23.4 Å². The first-order valence-electron chi connectivity index (χ1n) is 7.33. The molecular formula is C18H21NO4. The average molecular weight is 315 g/mol. The number of rotatable bonds is 6. The monoisotopic (exact) mass is 315 g/mol. The van der Waals surface area contributed by atoms with Crippen LogP contribution in [-0.2, 0) is 0 Å². The molecule has 2 rings (SSSR count). The largest absolute Gasteiger partial charge is 0.497 e. The third-order valence-corrected chi connectivity index (χ3v) is 3.08. The van der Waals surface area contributed by atoms with E-state index in [-0.39, 0.29) is 12.0 Å². The second kappa shape index (κ2) is 7.54. The molecule has 1 amide bonds. The Balaban J connectivity index is 2.18. The summed E-state index contributed by atoms with van der Waals surface area (Å²) in [5.41, 5.74) is 1.12. The van der Waals surface area contributed by atoms with Crippen LogP contribution < -0.4 is 19.5 Å². The van der Waals surface area contributed by atoms with E-state index in [1.165, 1.54) is 0 Å². The lowest BCUT2D eigenvalue weighted by atomic mass is 10.1. The van der Waals surface area contributed by atoms with Gasteiger partial charge in [0.05, 0.1) is 20.3 Å². The van der Waals surface area contributed by atoms with Crippen molar-refractivity contribution in [3.63, 3.8) is 0 Å². The Labute approximate surface area is 136 Å². The highest BCUT2D eigenvalue weighted by Gasteiger charge is 2.11. The molecule has 0 aromatic heterocycles. The SMILES string of the molecule is COc1cc(OC)cc(C(=O)Nc2cccc(OC(C)C)c2)c1. The van der Waals surface area contributed by atoms with E-state index in [1.807, 2.05) is 32.0 Å². The van der Waals surface area contributed by atoms with Gasteiger partial charge in [-0.2, -0.15) is 0 Å². The van der Waals surface area contributed by atoms with Gasteiger partial charge in [0.2, 0.25) is 0 Å². The molecule has 2 aromatic carbocycles. The van der Waals surface area contributed by atoms with Gasteiger partial charge in [-0.3, -0.25) is 4.79 Å². The fourth-order valence-corrected chi connectivity index (χ4v) is 2.06. The first kappa shape index (κ1) is 16.7. The van der Waals surface area contributed by atoms with Crippen molar-refractivity contribution in [3.8, 4) is 17.2 Å². The van der Waals surface area contributed by atoms with Crippen molar-refractivity contribution in [1.29, 1.82) is 0 Å². The third-order valence-electron chi connectivity index (χ3n) is 3.08. The van der Waals surface area contributed by atoms with Crippen molar-refractivity contribution in [2.75, 3.05) is 19.5 Å². The quantitative estimate of drug-likeness (QED) is 0.882. The van der Waals surface area contributed by atoms with E-state index in [4.69, 9.17) is 14.2 Å². The number of benzene rings is 2. The molecule has 0 radical (unpaired) electrons. The fourth-order valence-electron chi connectivity index (χ4n) is 2.06. The number of hydrogen-bond donors (Lipinski definition) is 1. The number of carbonyl (C=O) groups is 1. The third kappa shape index (κ3) is 4.64. The zero-order valence-electron chi connectivity index (χ0n) is 13.8. The summed E-state index contributed by atoms with van der Waals surface area (Å²) in [5, 5.41) is 2.84. The van der Waals surface area contributed by atoms with Crippen LogP contribution in [0.15, 0.2) is 42.5 Å². The van der Waals surface area contributed by atoms with Crippen LogP contribution in [0.4, 0.5) is 5.69 Å². The van der Waals surface area contributed by atoms with Crippen LogP contribution in [0.2, 0.25) is 0 Å². The lowest BCUT2D eigenvalue weighted by molar-refractivity contribution is 0.102. The smallest absolute Gasteiger partial charge is 0.255 e. The van der Waals surface area contributed by atoms with E-state index < -0.39 is 0 Å². The van der Waals surface area contributed by atoms with Gasteiger partial charge >= 0.3 is 0 Å². The van der Waals surface area contributed by atoms with Gasteiger partial charge in [0.15, 0.2) is 0 Å². The predicted molar refractivity (Wildman–Crippen MR) is 89.7 cm³/mol. The normalized spacial score (nSPS) is 10.3. The molecule has 5 heteroatoms. The second-order valence-electron chi connectivity index (χ2n) is 5.25. The standard InChI is InChI=1S/C18H21NO4/c1-12(2)23-15-7-5-6-14(10-15)19-18(20)13-8-16(21-3)11-17(9-13)22-4/h5-12H,1-4H3,(H,19,20). The molecule has 0 fully saturated rings. The Morgan fingerprint density at radius 1 is 0.957 bits per heavy atom. The molecule has 0 saturated heterocycles. The Bertz CT molecular complexity index is 660. The predicted octanol–water partition coefficient (Wildman–Crippen LogP) is 3.74. The summed E-state index contributed by atoms with van der Waals surface area (Å²) in [7, 11) is 3.09. The molecule has 0 bridgehead atoms. The minimum absolute atomic E-state index is 0.0728. The molecule has 0 aliphatic heterocycles. The maximum atomic E-state index is 12.4. The Morgan fingerprint density at radius 3 is 2.17 bits per heavy atom.